The Morgan fingerprint density at radius 3 is 2.73 bits per heavy atom. The van der Waals surface area contributed by atoms with E-state index in [1.54, 1.807) is 6.08 Å². The third-order valence-electron chi connectivity index (χ3n) is 4.03. The van der Waals surface area contributed by atoms with E-state index >= 15 is 0 Å². The first kappa shape index (κ1) is 16.2. The molecule has 22 heavy (non-hydrogen) atoms. The average Bonchev–Trinajstić information content (AvgIpc) is 2.51. The third-order valence-corrected chi connectivity index (χ3v) is 4.03. The molecule has 4 nitrogen and oxygen atoms in total. The Balaban J connectivity index is 1.94. The van der Waals surface area contributed by atoms with Crippen molar-refractivity contribution in [3.8, 4) is 5.75 Å². The standard InChI is InChI=1S/C17H20FNO3/c1-2-10-17(11-4-3-5-15(17)20)12-19-16(21)22-14-8-6-13(18)7-9-14/h2,6-9H,1,3-5,10-12H2,(H,19,21)/t17-/m1/s1. The summed E-state index contributed by atoms with van der Waals surface area (Å²) in [5, 5.41) is 2.65. The molecular formula is C17H20FNO3. The predicted octanol–water partition coefficient (Wildman–Crippen LogP) is 3.62. The maximum Gasteiger partial charge on any atom is 0.412 e. The van der Waals surface area contributed by atoms with E-state index in [4.69, 9.17) is 4.74 Å². The van der Waals surface area contributed by atoms with Gasteiger partial charge in [-0.1, -0.05) is 12.5 Å². The van der Waals surface area contributed by atoms with E-state index in [9.17, 15) is 14.0 Å². The molecule has 1 atom stereocenters. The lowest BCUT2D eigenvalue weighted by Crippen LogP contribution is -2.45. The number of ether oxygens (including phenoxy) is 1. The van der Waals surface area contributed by atoms with Gasteiger partial charge in [0.05, 0.1) is 0 Å². The summed E-state index contributed by atoms with van der Waals surface area (Å²) in [7, 11) is 0. The fraction of sp³-hybridized carbons (Fsp3) is 0.412. The van der Waals surface area contributed by atoms with Crippen molar-refractivity contribution in [3.63, 3.8) is 0 Å². The van der Waals surface area contributed by atoms with E-state index in [-0.39, 0.29) is 18.1 Å². The van der Waals surface area contributed by atoms with Crippen LogP contribution >= 0.6 is 0 Å². The van der Waals surface area contributed by atoms with E-state index in [2.05, 4.69) is 11.9 Å². The van der Waals surface area contributed by atoms with Gasteiger partial charge >= 0.3 is 6.09 Å². The Morgan fingerprint density at radius 2 is 2.09 bits per heavy atom. The van der Waals surface area contributed by atoms with Crippen molar-refractivity contribution in [3.05, 3.63) is 42.7 Å². The fourth-order valence-electron chi connectivity index (χ4n) is 2.79. The number of Topliss-reactive ketones (excluding diaryl/α,β-unsaturated/α-hetero) is 1. The number of hydrogen-bond donors (Lipinski definition) is 1. The molecule has 0 unspecified atom stereocenters. The molecule has 0 bridgehead atoms. The average molecular weight is 305 g/mol. The maximum absolute atomic E-state index is 12.8. The molecule has 1 aliphatic carbocycles. The molecule has 0 heterocycles. The number of nitrogens with one attached hydrogen (secondary N) is 1. The van der Waals surface area contributed by atoms with Crippen molar-refractivity contribution in [1.82, 2.24) is 5.32 Å². The number of hydrogen-bond acceptors (Lipinski definition) is 3. The van der Waals surface area contributed by atoms with Gasteiger partial charge in [-0.3, -0.25) is 4.79 Å². The molecule has 118 valence electrons. The van der Waals surface area contributed by atoms with Gasteiger partial charge in [0.2, 0.25) is 0 Å². The van der Waals surface area contributed by atoms with E-state index < -0.39 is 17.3 Å². The number of allylic oxidation sites excluding steroid dienone is 1. The first-order valence-corrected chi connectivity index (χ1v) is 7.41. The van der Waals surface area contributed by atoms with Crippen LogP contribution in [0.15, 0.2) is 36.9 Å². The highest BCUT2D eigenvalue weighted by molar-refractivity contribution is 5.86. The first-order valence-electron chi connectivity index (χ1n) is 7.41. The molecule has 1 amide bonds. The lowest BCUT2D eigenvalue weighted by Gasteiger charge is -2.34. The third kappa shape index (κ3) is 3.93. The molecular weight excluding hydrogens is 285 g/mol. The van der Waals surface area contributed by atoms with Crippen LogP contribution < -0.4 is 10.1 Å². The molecule has 5 heteroatoms. The zero-order valence-corrected chi connectivity index (χ0v) is 12.4. The molecule has 1 saturated carbocycles. The minimum Gasteiger partial charge on any atom is -0.410 e. The summed E-state index contributed by atoms with van der Waals surface area (Å²) in [5.41, 5.74) is -0.568. The predicted molar refractivity (Wildman–Crippen MR) is 81.1 cm³/mol. The van der Waals surface area contributed by atoms with Crippen molar-refractivity contribution < 1.29 is 18.7 Å². The summed E-state index contributed by atoms with van der Waals surface area (Å²) >= 11 is 0. The fourth-order valence-corrected chi connectivity index (χ4v) is 2.79. The van der Waals surface area contributed by atoms with Crippen molar-refractivity contribution in [2.24, 2.45) is 5.41 Å². The molecule has 0 spiro atoms. The van der Waals surface area contributed by atoms with Crippen molar-refractivity contribution in [2.45, 2.75) is 32.1 Å². The van der Waals surface area contributed by atoms with Gasteiger partial charge < -0.3 is 10.1 Å². The largest absolute Gasteiger partial charge is 0.412 e. The van der Waals surface area contributed by atoms with E-state index in [1.807, 2.05) is 0 Å². The van der Waals surface area contributed by atoms with E-state index in [1.165, 1.54) is 24.3 Å². The molecule has 1 fully saturated rings. The van der Waals surface area contributed by atoms with Gasteiger partial charge in [0.1, 0.15) is 17.3 Å². The lowest BCUT2D eigenvalue weighted by atomic mass is 9.71. The van der Waals surface area contributed by atoms with Crippen LogP contribution in [0.4, 0.5) is 9.18 Å². The molecule has 0 radical (unpaired) electrons. The summed E-state index contributed by atoms with van der Waals surface area (Å²) in [6.45, 7) is 3.94. The van der Waals surface area contributed by atoms with E-state index in [0.717, 1.165) is 19.3 Å². The maximum atomic E-state index is 12.8. The molecule has 1 aromatic carbocycles. The van der Waals surface area contributed by atoms with Gasteiger partial charge in [0.25, 0.3) is 0 Å². The molecule has 0 aromatic heterocycles. The van der Waals surface area contributed by atoms with Crippen LogP contribution in [0.5, 0.6) is 5.75 Å². The molecule has 1 aromatic rings. The van der Waals surface area contributed by atoms with Gasteiger partial charge in [0, 0.05) is 18.4 Å². The molecule has 1 aliphatic rings. The number of amides is 1. The van der Waals surface area contributed by atoms with E-state index in [0.29, 0.717) is 12.8 Å². The molecule has 0 saturated heterocycles. The number of carbonyl (C=O) groups excluding carboxylic acids is 2. The number of rotatable bonds is 5. The monoisotopic (exact) mass is 305 g/mol. The smallest absolute Gasteiger partial charge is 0.410 e. The molecule has 1 N–H and O–H groups in total. The Bertz CT molecular complexity index is 556. The number of ketones is 1. The van der Waals surface area contributed by atoms with Crippen LogP contribution in [-0.2, 0) is 4.79 Å². The van der Waals surface area contributed by atoms with Crippen LogP contribution in [0.2, 0.25) is 0 Å². The zero-order valence-electron chi connectivity index (χ0n) is 12.4. The summed E-state index contributed by atoms with van der Waals surface area (Å²) in [6, 6.07) is 5.18. The summed E-state index contributed by atoms with van der Waals surface area (Å²) in [5.74, 6) is 0.0258. The Morgan fingerprint density at radius 1 is 1.36 bits per heavy atom. The topological polar surface area (TPSA) is 55.4 Å². The highest BCUT2D eigenvalue weighted by Crippen LogP contribution is 2.36. The van der Waals surface area contributed by atoms with Gasteiger partial charge in [-0.15, -0.1) is 6.58 Å². The highest BCUT2D eigenvalue weighted by atomic mass is 19.1. The van der Waals surface area contributed by atoms with Crippen LogP contribution in [-0.4, -0.2) is 18.4 Å². The van der Waals surface area contributed by atoms with Gasteiger partial charge in [0.15, 0.2) is 0 Å². The summed E-state index contributed by atoms with van der Waals surface area (Å²) in [4.78, 5) is 24.1. The zero-order chi connectivity index (χ0) is 16.0. The molecule has 2 rings (SSSR count). The minimum atomic E-state index is -0.645. The van der Waals surface area contributed by atoms with Crippen molar-refractivity contribution in [2.75, 3.05) is 6.54 Å². The van der Waals surface area contributed by atoms with Crippen LogP contribution in [0.25, 0.3) is 0 Å². The lowest BCUT2D eigenvalue weighted by molar-refractivity contribution is -0.130. The SMILES string of the molecule is C=CC[C@]1(CNC(=O)Oc2ccc(F)cc2)CCCCC1=O. The molecule has 0 aliphatic heterocycles. The number of carbonyl (C=O) groups is 2. The minimum absolute atomic E-state index is 0.167. The van der Waals surface area contributed by atoms with Gasteiger partial charge in [-0.25, -0.2) is 9.18 Å². The van der Waals surface area contributed by atoms with Crippen LogP contribution in [0, 0.1) is 11.2 Å². The Kier molecular flexibility index (Phi) is 5.31. The number of halogens is 1. The second-order valence-electron chi connectivity index (χ2n) is 5.60. The summed E-state index contributed by atoms with van der Waals surface area (Å²) in [6.07, 6.45) is 4.77. The Labute approximate surface area is 129 Å². The van der Waals surface area contributed by atoms with Crippen LogP contribution in [0.1, 0.15) is 32.1 Å². The normalized spacial score (nSPS) is 21.2. The highest BCUT2D eigenvalue weighted by Gasteiger charge is 2.38. The van der Waals surface area contributed by atoms with Crippen molar-refractivity contribution >= 4 is 11.9 Å². The quantitative estimate of drug-likeness (QED) is 0.845. The second kappa shape index (κ2) is 7.20. The van der Waals surface area contributed by atoms with Crippen LogP contribution in [0.3, 0.4) is 0 Å². The summed E-state index contributed by atoms with van der Waals surface area (Å²) < 4.78 is 17.9. The van der Waals surface area contributed by atoms with Gasteiger partial charge in [-0.05, 0) is 43.5 Å². The Hall–Kier alpha value is -2.17. The first-order chi connectivity index (χ1) is 10.6. The van der Waals surface area contributed by atoms with Crippen molar-refractivity contribution in [1.29, 1.82) is 0 Å². The second-order valence-corrected chi connectivity index (χ2v) is 5.60. The number of benzene rings is 1. The van der Waals surface area contributed by atoms with Gasteiger partial charge in [-0.2, -0.15) is 0 Å².